The van der Waals surface area contributed by atoms with Gasteiger partial charge in [0.05, 0.1) is 22.7 Å². The summed E-state index contributed by atoms with van der Waals surface area (Å²) < 4.78 is 1.91. The third kappa shape index (κ3) is 3.75. The number of nitrogens with one attached hydrogen (secondary N) is 1. The quantitative estimate of drug-likeness (QED) is 0.423. The fourth-order valence-electron chi connectivity index (χ4n) is 3.19. The lowest BCUT2D eigenvalue weighted by Crippen LogP contribution is -2.22. The molecule has 3 aromatic heterocycles. The molecule has 0 aliphatic heterocycles. The minimum atomic E-state index is -0.697. The standard InChI is InChI=1S/C23H16N4O2/c24-15-17-6-4-16(5-7-17)13-19-14-20(21-3-1-2-12-27(19)21)22(28)23(29)26-18-8-10-25-11-9-18/h1-12,14H,13H2,(H,25,26,29). The second-order valence-corrected chi connectivity index (χ2v) is 6.51. The summed E-state index contributed by atoms with van der Waals surface area (Å²) in [5.41, 5.74) is 4.02. The van der Waals surface area contributed by atoms with Gasteiger partial charge in [0, 0.05) is 36.4 Å². The molecule has 0 saturated heterocycles. The van der Waals surface area contributed by atoms with Gasteiger partial charge >= 0.3 is 0 Å². The number of nitriles is 1. The summed E-state index contributed by atoms with van der Waals surface area (Å²) in [4.78, 5) is 29.2. The molecule has 0 bridgehead atoms. The van der Waals surface area contributed by atoms with Gasteiger partial charge in [-0.1, -0.05) is 18.2 Å². The van der Waals surface area contributed by atoms with E-state index in [-0.39, 0.29) is 0 Å². The second-order valence-electron chi connectivity index (χ2n) is 6.51. The first-order valence-corrected chi connectivity index (χ1v) is 8.99. The Balaban J connectivity index is 1.65. The Hall–Kier alpha value is -4.24. The van der Waals surface area contributed by atoms with Gasteiger partial charge in [-0.15, -0.1) is 0 Å². The number of amides is 1. The lowest BCUT2D eigenvalue weighted by molar-refractivity contribution is -0.112. The van der Waals surface area contributed by atoms with Crippen molar-refractivity contribution in [1.82, 2.24) is 9.38 Å². The molecule has 4 rings (SSSR count). The van der Waals surface area contributed by atoms with Gasteiger partial charge in [0.25, 0.3) is 11.7 Å². The molecule has 1 N–H and O–H groups in total. The third-order valence-electron chi connectivity index (χ3n) is 4.61. The number of fused-ring (bicyclic) bond motifs is 1. The Morgan fingerprint density at radius 3 is 2.52 bits per heavy atom. The van der Waals surface area contributed by atoms with Crippen molar-refractivity contribution in [2.24, 2.45) is 0 Å². The maximum atomic E-state index is 12.8. The summed E-state index contributed by atoms with van der Waals surface area (Å²) >= 11 is 0. The zero-order valence-corrected chi connectivity index (χ0v) is 15.4. The van der Waals surface area contributed by atoms with Gasteiger partial charge < -0.3 is 9.72 Å². The van der Waals surface area contributed by atoms with Crippen LogP contribution in [0.15, 0.2) is 79.3 Å². The highest BCUT2D eigenvalue weighted by molar-refractivity contribution is 6.47. The molecular formula is C23H16N4O2. The van der Waals surface area contributed by atoms with Gasteiger partial charge in [-0.2, -0.15) is 5.26 Å². The van der Waals surface area contributed by atoms with Crippen LogP contribution < -0.4 is 5.32 Å². The summed E-state index contributed by atoms with van der Waals surface area (Å²) in [6.45, 7) is 0. The number of rotatable bonds is 5. The topological polar surface area (TPSA) is 87.3 Å². The Bertz CT molecular complexity index is 1240. The maximum Gasteiger partial charge on any atom is 0.296 e. The highest BCUT2D eigenvalue weighted by Gasteiger charge is 2.22. The fourth-order valence-corrected chi connectivity index (χ4v) is 3.19. The molecule has 0 radical (unpaired) electrons. The van der Waals surface area contributed by atoms with E-state index in [2.05, 4.69) is 16.4 Å². The molecular weight excluding hydrogens is 364 g/mol. The van der Waals surface area contributed by atoms with Crippen molar-refractivity contribution in [1.29, 1.82) is 5.26 Å². The lowest BCUT2D eigenvalue weighted by Gasteiger charge is -2.04. The minimum Gasteiger partial charge on any atom is -0.320 e. The van der Waals surface area contributed by atoms with Crippen LogP contribution in [-0.2, 0) is 11.2 Å². The molecule has 0 fully saturated rings. The van der Waals surface area contributed by atoms with E-state index in [0.717, 1.165) is 11.3 Å². The summed E-state index contributed by atoms with van der Waals surface area (Å²) in [5.74, 6) is -1.30. The van der Waals surface area contributed by atoms with Crippen LogP contribution in [0, 0.1) is 11.3 Å². The summed E-state index contributed by atoms with van der Waals surface area (Å²) in [6.07, 6.45) is 5.52. The normalized spacial score (nSPS) is 10.4. The number of pyridine rings is 2. The maximum absolute atomic E-state index is 12.8. The average Bonchev–Trinajstić information content (AvgIpc) is 3.13. The van der Waals surface area contributed by atoms with Crippen LogP contribution in [0.2, 0.25) is 0 Å². The van der Waals surface area contributed by atoms with E-state index in [0.29, 0.717) is 28.8 Å². The van der Waals surface area contributed by atoms with E-state index in [9.17, 15) is 9.59 Å². The first kappa shape index (κ1) is 18.1. The third-order valence-corrected chi connectivity index (χ3v) is 4.61. The van der Waals surface area contributed by atoms with E-state index >= 15 is 0 Å². The van der Waals surface area contributed by atoms with Gasteiger partial charge in [0.2, 0.25) is 0 Å². The van der Waals surface area contributed by atoms with Gasteiger partial charge in [-0.3, -0.25) is 14.6 Å². The lowest BCUT2D eigenvalue weighted by atomic mass is 10.1. The highest BCUT2D eigenvalue weighted by atomic mass is 16.2. The van der Waals surface area contributed by atoms with Crippen molar-refractivity contribution >= 4 is 22.9 Å². The van der Waals surface area contributed by atoms with Gasteiger partial charge in [0.15, 0.2) is 0 Å². The van der Waals surface area contributed by atoms with Crippen molar-refractivity contribution in [2.75, 3.05) is 5.32 Å². The van der Waals surface area contributed by atoms with E-state index in [1.807, 2.05) is 40.9 Å². The fraction of sp³-hybridized carbons (Fsp3) is 0.0435. The van der Waals surface area contributed by atoms with Crippen molar-refractivity contribution in [2.45, 2.75) is 6.42 Å². The Labute approximate surface area is 167 Å². The zero-order valence-electron chi connectivity index (χ0n) is 15.4. The van der Waals surface area contributed by atoms with E-state index < -0.39 is 11.7 Å². The Morgan fingerprint density at radius 1 is 1.03 bits per heavy atom. The predicted molar refractivity (Wildman–Crippen MR) is 109 cm³/mol. The number of aromatic nitrogens is 2. The molecule has 0 atom stereocenters. The molecule has 0 saturated carbocycles. The summed E-state index contributed by atoms with van der Waals surface area (Å²) in [7, 11) is 0. The first-order valence-electron chi connectivity index (χ1n) is 8.99. The number of hydrogen-bond acceptors (Lipinski definition) is 4. The Kier molecular flexibility index (Phi) is 4.87. The van der Waals surface area contributed by atoms with E-state index in [4.69, 9.17) is 5.26 Å². The van der Waals surface area contributed by atoms with E-state index in [1.54, 1.807) is 42.7 Å². The molecule has 1 aromatic carbocycles. The molecule has 0 aliphatic rings. The number of anilines is 1. The van der Waals surface area contributed by atoms with Crippen molar-refractivity contribution < 1.29 is 9.59 Å². The highest BCUT2D eigenvalue weighted by Crippen LogP contribution is 2.21. The van der Waals surface area contributed by atoms with Gasteiger partial charge in [-0.05, 0) is 48.0 Å². The summed E-state index contributed by atoms with van der Waals surface area (Å²) in [5, 5.41) is 11.6. The number of benzene rings is 1. The number of Topliss-reactive ketones (excluding diaryl/α,β-unsaturated/α-hetero) is 1. The summed E-state index contributed by atoms with van der Waals surface area (Å²) in [6, 6.07) is 19.9. The molecule has 4 aromatic rings. The molecule has 29 heavy (non-hydrogen) atoms. The largest absolute Gasteiger partial charge is 0.320 e. The average molecular weight is 380 g/mol. The van der Waals surface area contributed by atoms with Crippen LogP contribution in [-0.4, -0.2) is 21.1 Å². The molecule has 0 unspecified atom stereocenters. The first-order chi connectivity index (χ1) is 14.2. The van der Waals surface area contributed by atoms with E-state index in [1.165, 1.54) is 0 Å². The van der Waals surface area contributed by atoms with Gasteiger partial charge in [-0.25, -0.2) is 0 Å². The van der Waals surface area contributed by atoms with Crippen LogP contribution in [0.5, 0.6) is 0 Å². The SMILES string of the molecule is N#Cc1ccc(Cc2cc(C(=O)C(=O)Nc3ccncc3)c3ccccn23)cc1. The molecule has 3 heterocycles. The number of hydrogen-bond donors (Lipinski definition) is 1. The molecule has 1 amide bonds. The smallest absolute Gasteiger partial charge is 0.296 e. The molecule has 6 heteroatoms. The van der Waals surface area contributed by atoms with Crippen molar-refractivity contribution in [3.63, 3.8) is 0 Å². The molecule has 0 aliphatic carbocycles. The van der Waals surface area contributed by atoms with Crippen molar-refractivity contribution in [3.8, 4) is 6.07 Å². The zero-order chi connectivity index (χ0) is 20.2. The predicted octanol–water partition coefficient (Wildman–Crippen LogP) is 3.62. The van der Waals surface area contributed by atoms with Crippen LogP contribution in [0.3, 0.4) is 0 Å². The van der Waals surface area contributed by atoms with Crippen LogP contribution in [0.1, 0.15) is 27.2 Å². The number of carbonyl (C=O) groups excluding carboxylic acids is 2. The molecule has 6 nitrogen and oxygen atoms in total. The number of ketones is 1. The van der Waals surface area contributed by atoms with Crippen LogP contribution in [0.4, 0.5) is 5.69 Å². The molecule has 0 spiro atoms. The minimum absolute atomic E-state index is 0.348. The van der Waals surface area contributed by atoms with Crippen molar-refractivity contribution in [3.05, 3.63) is 102 Å². The number of nitrogens with zero attached hydrogens (tertiary/aromatic N) is 3. The molecule has 140 valence electrons. The Morgan fingerprint density at radius 2 is 1.79 bits per heavy atom. The van der Waals surface area contributed by atoms with Gasteiger partial charge in [0.1, 0.15) is 0 Å². The second kappa shape index (κ2) is 7.79. The van der Waals surface area contributed by atoms with Crippen LogP contribution in [0.25, 0.3) is 5.52 Å². The monoisotopic (exact) mass is 380 g/mol. The number of carbonyl (C=O) groups is 2. The van der Waals surface area contributed by atoms with Crippen LogP contribution >= 0.6 is 0 Å².